The number of piperidine rings is 1. The second kappa shape index (κ2) is 24.3. The Hall–Kier alpha value is -6.96. The lowest BCUT2D eigenvalue weighted by Gasteiger charge is -2.69. The molecule has 7 aliphatic rings. The van der Waals surface area contributed by atoms with Gasteiger partial charge in [-0.2, -0.15) is 5.10 Å². The van der Waals surface area contributed by atoms with E-state index in [1.165, 1.54) is 51.4 Å². The third-order valence-corrected chi connectivity index (χ3v) is 20.6. The van der Waals surface area contributed by atoms with Crippen LogP contribution in [0.25, 0.3) is 21.3 Å². The molecule has 1 saturated heterocycles. The van der Waals surface area contributed by atoms with Gasteiger partial charge in [0.15, 0.2) is 34.0 Å². The van der Waals surface area contributed by atoms with E-state index in [2.05, 4.69) is 59.2 Å². The number of carboxylic acid groups (broad SMARTS) is 1. The number of unbranched alkanes of at least 4 members (excludes halogenated alkanes) is 9. The minimum atomic E-state index is -1.09. The van der Waals surface area contributed by atoms with Crippen molar-refractivity contribution < 1.29 is 38.6 Å². The molecule has 0 spiro atoms. The van der Waals surface area contributed by atoms with Gasteiger partial charge in [0.25, 0.3) is 0 Å². The number of aromatic nitrogens is 6. The molecule has 4 saturated carbocycles. The molecule has 6 aromatic rings. The Morgan fingerprint density at radius 1 is 0.791 bits per heavy atom. The number of amides is 2. The number of thiazole rings is 1. The highest BCUT2D eigenvalue weighted by molar-refractivity contribution is 7.22. The largest absolute Gasteiger partial charge is 0.494 e. The van der Waals surface area contributed by atoms with Crippen LogP contribution in [0.2, 0.25) is 0 Å². The number of ether oxygens (including phenoxy) is 2. The maximum Gasteiger partial charge on any atom is 0.355 e. The summed E-state index contributed by atoms with van der Waals surface area (Å²) in [5.74, 6) is -2.17. The molecule has 4 aromatic heterocycles. The van der Waals surface area contributed by atoms with Crippen molar-refractivity contribution in [3.8, 4) is 16.9 Å². The second-order valence-corrected chi connectivity index (χ2v) is 27.9. The zero-order valence-corrected chi connectivity index (χ0v) is 51.4. The Balaban J connectivity index is 0.573. The average molecular weight is 1190 g/mol. The molecular weight excluding hydrogens is 1100 g/mol. The third-order valence-electron chi connectivity index (χ3n) is 19.7. The summed E-state index contributed by atoms with van der Waals surface area (Å²) >= 11 is 1.57. The molecule has 4 bridgehead atoms. The van der Waals surface area contributed by atoms with Crippen molar-refractivity contribution in [3.63, 3.8) is 0 Å². The van der Waals surface area contributed by atoms with Crippen molar-refractivity contribution in [3.05, 3.63) is 94.4 Å². The summed E-state index contributed by atoms with van der Waals surface area (Å²) in [7, 11) is 2.23. The van der Waals surface area contributed by atoms with E-state index in [-0.39, 0.29) is 57.9 Å². The molecule has 2 aliphatic heterocycles. The van der Waals surface area contributed by atoms with Gasteiger partial charge < -0.3 is 29.7 Å². The number of likely N-dealkylation sites (N-methyl/N-ethyl adjacent to an activating group) is 1. The molecule has 3 N–H and O–H groups in total. The van der Waals surface area contributed by atoms with Crippen LogP contribution in [0.15, 0.2) is 60.8 Å². The number of benzene rings is 2. The van der Waals surface area contributed by atoms with Crippen LogP contribution in [-0.2, 0) is 27.3 Å². The van der Waals surface area contributed by atoms with E-state index in [1.807, 2.05) is 48.4 Å². The maximum absolute atomic E-state index is 13.2. The summed E-state index contributed by atoms with van der Waals surface area (Å²) in [4.78, 5) is 77.5. The zero-order valence-electron chi connectivity index (χ0n) is 50.6. The Morgan fingerprint density at radius 2 is 1.51 bits per heavy atom. The number of anilines is 4. The van der Waals surface area contributed by atoms with E-state index >= 15 is 0 Å². The highest BCUT2D eigenvalue weighted by Gasteiger charge is 2.66. The average Bonchev–Trinajstić information content (AvgIpc) is 0.936. The van der Waals surface area contributed by atoms with Crippen molar-refractivity contribution in [1.82, 2.24) is 40.2 Å². The van der Waals surface area contributed by atoms with E-state index in [9.17, 15) is 29.1 Å². The Kier molecular flexibility index (Phi) is 16.8. The Labute approximate surface area is 507 Å². The molecule has 4 atom stereocenters. The molecule has 19 heteroatoms. The summed E-state index contributed by atoms with van der Waals surface area (Å²) in [5.41, 5.74) is 6.11. The summed E-state index contributed by atoms with van der Waals surface area (Å²) < 4.78 is 16.4. The molecule has 4 unspecified atom stereocenters. The number of nitrogens with zero attached hydrogens (tertiary/aromatic N) is 8. The van der Waals surface area contributed by atoms with Gasteiger partial charge in [-0.05, 0) is 157 Å². The van der Waals surface area contributed by atoms with Crippen molar-refractivity contribution in [2.75, 3.05) is 50.1 Å². The molecule has 6 heterocycles. The summed E-state index contributed by atoms with van der Waals surface area (Å²) in [6.45, 7) is 13.7. The number of carbonyl (C=O) groups is 5. The smallest absolute Gasteiger partial charge is 0.355 e. The maximum atomic E-state index is 13.2. The van der Waals surface area contributed by atoms with Gasteiger partial charge in [-0.25, -0.2) is 14.8 Å². The van der Waals surface area contributed by atoms with Crippen LogP contribution in [0.3, 0.4) is 0 Å². The number of fused-ring (bicyclic) bond motifs is 3. The fourth-order valence-corrected chi connectivity index (χ4v) is 17.6. The minimum absolute atomic E-state index is 0.00722. The monoisotopic (exact) mass is 1190 g/mol. The molecule has 5 fully saturated rings. The molecule has 18 nitrogen and oxygen atoms in total. The summed E-state index contributed by atoms with van der Waals surface area (Å²) in [6.07, 6.45) is 22.3. The van der Waals surface area contributed by atoms with Crippen LogP contribution >= 0.6 is 11.3 Å². The van der Waals surface area contributed by atoms with Gasteiger partial charge in [0.05, 0.1) is 47.1 Å². The summed E-state index contributed by atoms with van der Waals surface area (Å²) in [5, 5.41) is 31.5. The zero-order chi connectivity index (χ0) is 60.0. The molecular formula is C67H82N10O8S. The van der Waals surface area contributed by atoms with Crippen molar-refractivity contribution in [2.24, 2.45) is 28.1 Å². The molecule has 2 aromatic carbocycles. The first-order chi connectivity index (χ1) is 41.4. The number of hydrogen-bond donors (Lipinski definition) is 3. The second-order valence-electron chi connectivity index (χ2n) is 26.9. The van der Waals surface area contributed by atoms with Crippen molar-refractivity contribution in [2.45, 2.75) is 168 Å². The van der Waals surface area contributed by atoms with Crippen LogP contribution in [0, 0.1) is 41.9 Å². The van der Waals surface area contributed by atoms with E-state index in [4.69, 9.17) is 29.6 Å². The number of carboxylic acids is 1. The van der Waals surface area contributed by atoms with Crippen LogP contribution in [-0.4, -0.2) is 115 Å². The number of rotatable bonds is 26. The number of ketones is 2. The molecule has 2 amide bonds. The lowest BCUT2D eigenvalue weighted by Crippen LogP contribution is -2.64. The van der Waals surface area contributed by atoms with Gasteiger partial charge in [-0.3, -0.25) is 29.2 Å². The topological polar surface area (TPSA) is 224 Å². The van der Waals surface area contributed by atoms with Crippen LogP contribution in [0.1, 0.15) is 184 Å². The number of Topliss-reactive ketones (excluding diaryl/α,β-unsaturated/α-hetero) is 2. The fourth-order valence-electron chi connectivity index (χ4n) is 16.8. The van der Waals surface area contributed by atoms with E-state index in [1.54, 1.807) is 29.5 Å². The predicted octanol–water partition coefficient (Wildman–Crippen LogP) is 12.6. The number of imide groups is 1. The molecule has 5 aliphatic carbocycles. The van der Waals surface area contributed by atoms with Crippen molar-refractivity contribution in [1.29, 1.82) is 0 Å². The third kappa shape index (κ3) is 12.2. The van der Waals surface area contributed by atoms with Gasteiger partial charge in [-0.1, -0.05) is 88.7 Å². The SMILES string of the molecule is Cc1c(Nc2nc3ccccc3s2)nnc2c1CCCN2c1ccc(-c2cnn(CC34CC5(C)CC(C)(C3)CC(OCCN(C)CCCCCCCCCCCCOc3ccc6c(c3)C(=O)C(C3CCC(=O)NC3=O)C6=O)(C5)C4)c2C)c(C(=O)O)n1. The minimum Gasteiger partial charge on any atom is -0.494 e. The Bertz CT molecular complexity index is 3540. The van der Waals surface area contributed by atoms with E-state index < -0.39 is 23.7 Å². The number of carbonyl (C=O) groups excluding carboxylic acids is 4. The highest BCUT2D eigenvalue weighted by atomic mass is 32.1. The first kappa shape index (κ1) is 59.4. The van der Waals surface area contributed by atoms with Crippen LogP contribution in [0.5, 0.6) is 5.75 Å². The number of aromatic carboxylic acids is 1. The highest BCUT2D eigenvalue weighted by Crippen LogP contribution is 2.72. The quantitative estimate of drug-likeness (QED) is 0.0261. The summed E-state index contributed by atoms with van der Waals surface area (Å²) in [6, 6.07) is 16.8. The first-order valence-electron chi connectivity index (χ1n) is 31.4. The standard InChI is InChI=1S/C67H82N10O8S/c1-42-45-19-18-29-76(60(45)74-73-59(42)72-63-69-51-20-14-15-21-52(51)86-63)53-26-24-46(56(70-53)62(82)83)50-34-68-77(43(50)2)41-66-36-64(3)35-65(4,37-66)39-67(38-64,40-66)85-32-30-75(5)28-16-12-10-8-6-7-9-11-13-17-31-84-44-22-23-47-49(33-44)58(80)55(57(47)79)48-25-27-54(78)71-61(48)81/h14-15,20-24,26,33-34,48,55H,6-13,16-19,25,27-32,35-41H2,1-5H3,(H,82,83)(H,69,72,73)(H,71,78,81). The fraction of sp³-hybridized carbons (Fsp3) is 0.552. The Morgan fingerprint density at radius 3 is 2.26 bits per heavy atom. The normalized spacial score (nSPS) is 24.9. The first-order valence-corrected chi connectivity index (χ1v) is 32.3. The molecule has 454 valence electrons. The van der Waals surface area contributed by atoms with Crippen LogP contribution < -0.4 is 20.3 Å². The lowest BCUT2D eigenvalue weighted by molar-refractivity contribution is -0.248. The number of para-hydroxylation sites is 1. The van der Waals surface area contributed by atoms with E-state index in [0.717, 1.165) is 128 Å². The van der Waals surface area contributed by atoms with Gasteiger partial charge in [0.2, 0.25) is 11.8 Å². The molecule has 13 rings (SSSR count). The van der Waals surface area contributed by atoms with Crippen molar-refractivity contribution >= 4 is 73.5 Å². The number of hydrogen-bond acceptors (Lipinski definition) is 16. The molecule has 86 heavy (non-hydrogen) atoms. The van der Waals surface area contributed by atoms with E-state index in [0.29, 0.717) is 53.0 Å². The number of pyridine rings is 1. The number of nitrogens with one attached hydrogen (secondary N) is 2. The van der Waals surface area contributed by atoms with Gasteiger partial charge >= 0.3 is 5.97 Å². The lowest BCUT2D eigenvalue weighted by atomic mass is 9.39. The predicted molar refractivity (Wildman–Crippen MR) is 331 cm³/mol. The van der Waals surface area contributed by atoms with Gasteiger partial charge in [0, 0.05) is 65.1 Å². The molecule has 0 radical (unpaired) electrons. The van der Waals surface area contributed by atoms with Gasteiger partial charge in [0.1, 0.15) is 11.6 Å². The van der Waals surface area contributed by atoms with Gasteiger partial charge in [-0.15, -0.1) is 10.2 Å². The van der Waals surface area contributed by atoms with Crippen LogP contribution in [0.4, 0.5) is 22.6 Å².